The summed E-state index contributed by atoms with van der Waals surface area (Å²) in [5.74, 6) is 4.11. The van der Waals surface area contributed by atoms with E-state index in [-0.39, 0.29) is 6.42 Å². The minimum absolute atomic E-state index is 0.00926. The number of aliphatic carboxylic acids is 1. The van der Waals surface area contributed by atoms with Gasteiger partial charge in [-0.2, -0.15) is 5.84 Å². The summed E-state index contributed by atoms with van der Waals surface area (Å²) in [6.07, 6.45) is 2.49. The van der Waals surface area contributed by atoms with E-state index in [1.165, 1.54) is 13.0 Å². The molecule has 96 valence electrons. The van der Waals surface area contributed by atoms with Gasteiger partial charge in [0.1, 0.15) is 5.60 Å². The van der Waals surface area contributed by atoms with Crippen molar-refractivity contribution < 1.29 is 19.6 Å². The summed E-state index contributed by atoms with van der Waals surface area (Å²) in [7, 11) is 3.98. The number of nitrogens with two attached hydrogens (primary N) is 1. The zero-order valence-electron chi connectivity index (χ0n) is 10.7. The summed E-state index contributed by atoms with van der Waals surface area (Å²) >= 11 is 0. The third-order valence-electron chi connectivity index (χ3n) is 1.78. The fourth-order valence-electron chi connectivity index (χ4n) is 0.941. The molecule has 3 N–H and O–H groups in total. The van der Waals surface area contributed by atoms with Crippen LogP contribution in [0.1, 0.15) is 26.7 Å². The Balaban J connectivity index is 0. The highest BCUT2D eigenvalue weighted by Crippen LogP contribution is 2.06. The summed E-state index contributed by atoms with van der Waals surface area (Å²) in [5, 5.41) is 18.9. The van der Waals surface area contributed by atoms with Gasteiger partial charge >= 0.3 is 0 Å². The lowest BCUT2D eigenvalue weighted by atomic mass is 10.0. The smallest absolute Gasteiger partial charge is 0.104 e. The monoisotopic (exact) mass is 232 g/mol. The van der Waals surface area contributed by atoms with Crippen LogP contribution in [-0.2, 0) is 4.79 Å². The Kier molecular flexibility index (Phi) is 8.06. The molecule has 0 aromatic rings. The van der Waals surface area contributed by atoms with Crippen LogP contribution in [-0.4, -0.2) is 41.9 Å². The molecule has 0 bridgehead atoms. The van der Waals surface area contributed by atoms with E-state index in [9.17, 15) is 9.90 Å². The molecule has 5 nitrogen and oxygen atoms in total. The van der Waals surface area contributed by atoms with Gasteiger partial charge in [-0.15, -0.1) is 6.58 Å². The Morgan fingerprint density at radius 3 is 2.12 bits per heavy atom. The Bertz CT molecular complexity index is 220. The van der Waals surface area contributed by atoms with Gasteiger partial charge in [0.15, 0.2) is 0 Å². The highest BCUT2D eigenvalue weighted by atomic mass is 16.4. The zero-order chi connectivity index (χ0) is 13.4. The topological polar surface area (TPSA) is 86.4 Å². The van der Waals surface area contributed by atoms with E-state index in [0.29, 0.717) is 4.59 Å². The van der Waals surface area contributed by atoms with Crippen LogP contribution in [0.15, 0.2) is 12.7 Å². The van der Waals surface area contributed by atoms with E-state index in [4.69, 9.17) is 10.9 Å². The van der Waals surface area contributed by atoms with Gasteiger partial charge in [0.25, 0.3) is 0 Å². The molecule has 1 unspecified atom stereocenters. The van der Waals surface area contributed by atoms with Gasteiger partial charge in [0, 0.05) is 0 Å². The minimum atomic E-state index is -1.76. The summed E-state index contributed by atoms with van der Waals surface area (Å²) in [6, 6.07) is 0. The fourth-order valence-corrected chi connectivity index (χ4v) is 0.941. The number of carbonyl (C=O) groups is 1. The average molecular weight is 232 g/mol. The number of aliphatic hydroxyl groups is 1. The maximum absolute atomic E-state index is 10.0. The highest BCUT2D eigenvalue weighted by Gasteiger charge is 2.18. The van der Waals surface area contributed by atoms with Crippen LogP contribution >= 0.6 is 0 Å². The number of hydrogen-bond acceptors (Lipinski definition) is 4. The predicted octanol–water partition coefficient (Wildman–Crippen LogP) is -0.590. The minimum Gasteiger partial charge on any atom is -0.547 e. The van der Waals surface area contributed by atoms with Gasteiger partial charge in [-0.25, -0.2) is 0 Å². The second kappa shape index (κ2) is 7.38. The van der Waals surface area contributed by atoms with Crippen molar-refractivity contribution in [2.45, 2.75) is 32.3 Å². The van der Waals surface area contributed by atoms with Crippen molar-refractivity contribution in [1.29, 1.82) is 0 Å². The zero-order valence-corrected chi connectivity index (χ0v) is 10.7. The summed E-state index contributed by atoms with van der Waals surface area (Å²) in [6.45, 7) is 7.64. The molecule has 0 heterocycles. The van der Waals surface area contributed by atoms with Gasteiger partial charge < -0.3 is 15.0 Å². The van der Waals surface area contributed by atoms with E-state index < -0.39 is 11.6 Å². The first-order valence-electron chi connectivity index (χ1n) is 5.23. The number of quaternary nitrogens is 1. The third-order valence-corrected chi connectivity index (χ3v) is 1.78. The van der Waals surface area contributed by atoms with E-state index in [1.54, 1.807) is 0 Å². The molecule has 0 saturated heterocycles. The molecule has 1 atom stereocenters. The average Bonchev–Trinajstić information content (AvgIpc) is 2.02. The summed E-state index contributed by atoms with van der Waals surface area (Å²) in [4.78, 5) is 10.0. The normalized spacial score (nSPS) is 14.4. The Morgan fingerprint density at radius 2 is 2.06 bits per heavy atom. The molecule has 16 heavy (non-hydrogen) atoms. The Labute approximate surface area is 97.7 Å². The summed E-state index contributed by atoms with van der Waals surface area (Å²) in [5.41, 5.74) is -1.76. The molecule has 0 radical (unpaired) electrons. The Morgan fingerprint density at radius 1 is 1.62 bits per heavy atom. The number of nitrogens with zero attached hydrogens (tertiary/aromatic N) is 1. The van der Waals surface area contributed by atoms with E-state index in [0.717, 1.165) is 13.0 Å². The molecule has 0 rings (SSSR count). The van der Waals surface area contributed by atoms with Crippen molar-refractivity contribution in [2.24, 2.45) is 5.84 Å². The third kappa shape index (κ3) is 11.2. The lowest BCUT2D eigenvalue weighted by Crippen LogP contribution is -2.46. The number of hydrogen-bond donors (Lipinski definition) is 2. The van der Waals surface area contributed by atoms with Crippen molar-refractivity contribution in [1.82, 2.24) is 0 Å². The van der Waals surface area contributed by atoms with Gasteiger partial charge in [-0.3, -0.25) is 4.59 Å². The molecule has 0 aliphatic carbocycles. The maximum atomic E-state index is 10.0. The first kappa shape index (κ1) is 17.5. The first-order chi connectivity index (χ1) is 7.06. The molecule has 0 aromatic carbocycles. The number of carboxylic acids is 1. The van der Waals surface area contributed by atoms with Crippen LogP contribution in [0.25, 0.3) is 0 Å². The van der Waals surface area contributed by atoms with Crippen LogP contribution in [0, 0.1) is 0 Å². The van der Waals surface area contributed by atoms with E-state index >= 15 is 0 Å². The van der Waals surface area contributed by atoms with Crippen molar-refractivity contribution >= 4 is 5.97 Å². The van der Waals surface area contributed by atoms with Crippen molar-refractivity contribution in [2.75, 3.05) is 20.6 Å². The standard InChI is InChI=1S/C6H10O3.C5H15N2/c1-3-4-6(2,9)5(7)8;1-4-5-7(2,3)6/h3,9H,1,4H2,2H3,(H,7,8);4-6H2,1-3H3/q;+1/p-1. The van der Waals surface area contributed by atoms with Gasteiger partial charge in [-0.05, 0) is 19.8 Å². The van der Waals surface area contributed by atoms with Crippen LogP contribution in [0.4, 0.5) is 0 Å². The molecular weight excluding hydrogens is 208 g/mol. The number of rotatable bonds is 5. The van der Waals surface area contributed by atoms with Crippen LogP contribution < -0.4 is 10.9 Å². The molecule has 0 spiro atoms. The number of carbonyl (C=O) groups excluding carboxylic acids is 1. The van der Waals surface area contributed by atoms with Gasteiger partial charge in [0.2, 0.25) is 0 Å². The predicted molar refractivity (Wildman–Crippen MR) is 61.9 cm³/mol. The first-order valence-corrected chi connectivity index (χ1v) is 5.23. The largest absolute Gasteiger partial charge is 0.547 e. The van der Waals surface area contributed by atoms with Crippen molar-refractivity contribution in [3.05, 3.63) is 12.7 Å². The lowest BCUT2D eigenvalue weighted by molar-refractivity contribution is -0.902. The van der Waals surface area contributed by atoms with Gasteiger partial charge in [0.05, 0.1) is 26.6 Å². The molecule has 0 amide bonds. The molecule has 0 aromatic heterocycles. The molecule has 0 fully saturated rings. The highest BCUT2D eigenvalue weighted by molar-refractivity contribution is 5.74. The second-order valence-corrected chi connectivity index (χ2v) is 4.56. The second-order valence-electron chi connectivity index (χ2n) is 4.56. The lowest BCUT2D eigenvalue weighted by Gasteiger charge is -2.21. The van der Waals surface area contributed by atoms with Crippen LogP contribution in [0.2, 0.25) is 0 Å². The molecule has 0 aliphatic heterocycles. The Hall–Kier alpha value is -0.910. The van der Waals surface area contributed by atoms with E-state index in [2.05, 4.69) is 13.5 Å². The molecular formula is C11H24N2O3. The SMILES string of the molecule is C=CCC(C)(O)C(=O)[O-].CCC[N+](C)(C)N. The maximum Gasteiger partial charge on any atom is 0.104 e. The fraction of sp³-hybridized carbons (Fsp3) is 0.727. The van der Waals surface area contributed by atoms with E-state index in [1.807, 2.05) is 14.1 Å². The molecule has 5 heteroatoms. The van der Waals surface area contributed by atoms with Crippen molar-refractivity contribution in [3.63, 3.8) is 0 Å². The number of carboxylic acid groups (broad SMARTS) is 1. The quantitative estimate of drug-likeness (QED) is 0.287. The molecule has 0 aliphatic rings. The summed E-state index contributed by atoms with van der Waals surface area (Å²) < 4.78 is 0.594. The molecule has 0 saturated carbocycles. The van der Waals surface area contributed by atoms with Crippen LogP contribution in [0.3, 0.4) is 0 Å². The van der Waals surface area contributed by atoms with Crippen LogP contribution in [0.5, 0.6) is 0 Å². The van der Waals surface area contributed by atoms with Gasteiger partial charge in [-0.1, -0.05) is 13.0 Å². The van der Waals surface area contributed by atoms with Crippen molar-refractivity contribution in [3.8, 4) is 0 Å².